The molecule has 4 heteroatoms. The minimum atomic E-state index is -1.17. The van der Waals surface area contributed by atoms with Crippen LogP contribution in [0.25, 0.3) is 0 Å². The summed E-state index contributed by atoms with van der Waals surface area (Å²) in [5.41, 5.74) is -1.17. The molecule has 0 unspecified atom stereocenters. The number of hydrogen-bond donors (Lipinski definition) is 2. The van der Waals surface area contributed by atoms with Crippen molar-refractivity contribution in [2.24, 2.45) is 5.41 Å². The van der Waals surface area contributed by atoms with Crippen LogP contribution in [-0.4, -0.2) is 29.0 Å². The molecule has 0 spiro atoms. The van der Waals surface area contributed by atoms with Crippen LogP contribution in [0.4, 0.5) is 4.39 Å². The molecule has 2 N–H and O–H groups in total. The maximum absolute atomic E-state index is 12.2. The molecule has 58 valence electrons. The summed E-state index contributed by atoms with van der Waals surface area (Å²) in [5.74, 6) is -1.09. The molecule has 0 saturated heterocycles. The number of carboxylic acid groups (broad SMARTS) is 1. The molecule has 1 saturated carbocycles. The van der Waals surface area contributed by atoms with Gasteiger partial charge >= 0.3 is 5.97 Å². The number of aliphatic hydroxyl groups excluding tert-OH is 1. The van der Waals surface area contributed by atoms with Gasteiger partial charge < -0.3 is 10.2 Å². The Morgan fingerprint density at radius 1 is 1.70 bits per heavy atom. The van der Waals surface area contributed by atoms with E-state index < -0.39 is 24.2 Å². The van der Waals surface area contributed by atoms with Crippen LogP contribution >= 0.6 is 0 Å². The van der Waals surface area contributed by atoms with Gasteiger partial charge in [-0.05, 0) is 12.8 Å². The number of aliphatic carboxylic acids is 1. The first-order valence-electron chi connectivity index (χ1n) is 3.09. The lowest BCUT2D eigenvalue weighted by Gasteiger charge is -2.38. The zero-order valence-electron chi connectivity index (χ0n) is 5.38. The molecule has 0 aromatic rings. The smallest absolute Gasteiger partial charge is 0.312 e. The van der Waals surface area contributed by atoms with Crippen molar-refractivity contribution >= 4 is 5.97 Å². The Kier molecular flexibility index (Phi) is 1.64. The van der Waals surface area contributed by atoms with Crippen molar-refractivity contribution in [1.29, 1.82) is 0 Å². The molecule has 0 aliphatic heterocycles. The number of halogens is 1. The quantitative estimate of drug-likeness (QED) is 0.587. The molecule has 0 amide bonds. The van der Waals surface area contributed by atoms with Crippen molar-refractivity contribution in [3.63, 3.8) is 0 Å². The molecular formula is C6H9FO3. The third kappa shape index (κ3) is 0.883. The third-order valence-electron chi connectivity index (χ3n) is 1.98. The van der Waals surface area contributed by atoms with Gasteiger partial charge in [0.2, 0.25) is 0 Å². The largest absolute Gasteiger partial charge is 0.481 e. The summed E-state index contributed by atoms with van der Waals surface area (Å²) < 4.78 is 12.2. The summed E-state index contributed by atoms with van der Waals surface area (Å²) in [5, 5.41) is 17.1. The van der Waals surface area contributed by atoms with Gasteiger partial charge in [0.1, 0.15) is 6.17 Å². The second-order valence-corrected chi connectivity index (χ2v) is 2.75. The van der Waals surface area contributed by atoms with Gasteiger partial charge in [-0.1, -0.05) is 0 Å². The lowest BCUT2D eigenvalue weighted by atomic mass is 9.68. The Balaban J connectivity index is 2.56. The van der Waals surface area contributed by atoms with Crippen LogP contribution in [0.15, 0.2) is 0 Å². The standard InChI is InChI=1S/C6H9FO3/c7-4-1-6(2-4,3-8)5(9)10/h4,8H,1-3H2,(H,9,10). The minimum absolute atomic E-state index is 0.0428. The molecule has 0 aromatic heterocycles. The molecular weight excluding hydrogens is 139 g/mol. The first-order valence-corrected chi connectivity index (χ1v) is 3.09. The number of aliphatic hydroxyl groups is 1. The summed E-state index contributed by atoms with van der Waals surface area (Å²) in [4.78, 5) is 10.4. The molecule has 1 aliphatic rings. The van der Waals surface area contributed by atoms with Crippen LogP contribution in [0.3, 0.4) is 0 Å². The van der Waals surface area contributed by atoms with E-state index in [-0.39, 0.29) is 12.8 Å². The molecule has 1 rings (SSSR count). The number of rotatable bonds is 2. The Bertz CT molecular complexity index is 151. The highest BCUT2D eigenvalue weighted by molar-refractivity contribution is 5.76. The van der Waals surface area contributed by atoms with Crippen LogP contribution in [0.2, 0.25) is 0 Å². The molecule has 10 heavy (non-hydrogen) atoms. The van der Waals surface area contributed by atoms with Crippen LogP contribution in [0.5, 0.6) is 0 Å². The molecule has 1 fully saturated rings. The maximum atomic E-state index is 12.2. The average molecular weight is 148 g/mol. The van der Waals surface area contributed by atoms with Gasteiger partial charge in [-0.15, -0.1) is 0 Å². The Hall–Kier alpha value is -0.640. The lowest BCUT2D eigenvalue weighted by Crippen LogP contribution is -2.47. The molecule has 3 nitrogen and oxygen atoms in total. The predicted molar refractivity (Wildman–Crippen MR) is 31.3 cm³/mol. The number of carboxylic acids is 1. The third-order valence-corrected chi connectivity index (χ3v) is 1.98. The summed E-state index contributed by atoms with van der Waals surface area (Å²) in [7, 11) is 0. The van der Waals surface area contributed by atoms with Crippen molar-refractivity contribution in [2.45, 2.75) is 19.0 Å². The lowest BCUT2D eigenvalue weighted by molar-refractivity contribution is -0.163. The fraction of sp³-hybridized carbons (Fsp3) is 0.833. The molecule has 0 atom stereocenters. The summed E-state index contributed by atoms with van der Waals surface area (Å²) in [6.07, 6.45) is -1.12. The Morgan fingerprint density at radius 3 is 2.30 bits per heavy atom. The van der Waals surface area contributed by atoms with Gasteiger partial charge in [-0.3, -0.25) is 4.79 Å². The number of carbonyl (C=O) groups is 1. The summed E-state index contributed by atoms with van der Waals surface area (Å²) in [6.45, 7) is -0.456. The predicted octanol–water partition coefficient (Wildman–Crippen LogP) is 0.182. The second kappa shape index (κ2) is 2.20. The van der Waals surface area contributed by atoms with Gasteiger partial charge in [0, 0.05) is 0 Å². The zero-order valence-corrected chi connectivity index (χ0v) is 5.38. The molecule has 0 aromatic carbocycles. The first kappa shape index (κ1) is 7.47. The van der Waals surface area contributed by atoms with Gasteiger partial charge in [-0.25, -0.2) is 4.39 Å². The van der Waals surface area contributed by atoms with Crippen LogP contribution in [0, 0.1) is 5.41 Å². The van der Waals surface area contributed by atoms with Crippen molar-refractivity contribution in [2.75, 3.05) is 6.61 Å². The van der Waals surface area contributed by atoms with E-state index in [9.17, 15) is 9.18 Å². The normalized spacial score (nSPS) is 38.8. The van der Waals surface area contributed by atoms with E-state index in [0.29, 0.717) is 0 Å². The monoisotopic (exact) mass is 148 g/mol. The molecule has 0 bridgehead atoms. The van der Waals surface area contributed by atoms with E-state index in [4.69, 9.17) is 10.2 Å². The fourth-order valence-electron chi connectivity index (χ4n) is 1.16. The van der Waals surface area contributed by atoms with E-state index in [1.54, 1.807) is 0 Å². The van der Waals surface area contributed by atoms with Crippen LogP contribution in [0.1, 0.15) is 12.8 Å². The number of hydrogen-bond acceptors (Lipinski definition) is 2. The van der Waals surface area contributed by atoms with E-state index >= 15 is 0 Å². The molecule has 0 radical (unpaired) electrons. The van der Waals surface area contributed by atoms with E-state index in [2.05, 4.69) is 0 Å². The highest BCUT2D eigenvalue weighted by atomic mass is 19.1. The van der Waals surface area contributed by atoms with Gasteiger partial charge in [0.25, 0.3) is 0 Å². The van der Waals surface area contributed by atoms with Gasteiger partial charge in [0.05, 0.1) is 12.0 Å². The second-order valence-electron chi connectivity index (χ2n) is 2.75. The minimum Gasteiger partial charge on any atom is -0.481 e. The van der Waals surface area contributed by atoms with Crippen molar-refractivity contribution in [3.05, 3.63) is 0 Å². The number of alkyl halides is 1. The average Bonchev–Trinajstić information content (AvgIpc) is 1.79. The fourth-order valence-corrected chi connectivity index (χ4v) is 1.16. The van der Waals surface area contributed by atoms with Crippen molar-refractivity contribution in [1.82, 2.24) is 0 Å². The maximum Gasteiger partial charge on any atom is 0.312 e. The molecule has 0 heterocycles. The van der Waals surface area contributed by atoms with Gasteiger partial charge in [-0.2, -0.15) is 0 Å². The van der Waals surface area contributed by atoms with E-state index in [1.807, 2.05) is 0 Å². The van der Waals surface area contributed by atoms with Gasteiger partial charge in [0.15, 0.2) is 0 Å². The highest BCUT2D eigenvalue weighted by Gasteiger charge is 2.50. The van der Waals surface area contributed by atoms with E-state index in [0.717, 1.165) is 0 Å². The van der Waals surface area contributed by atoms with Crippen molar-refractivity contribution < 1.29 is 19.4 Å². The Morgan fingerprint density at radius 2 is 2.20 bits per heavy atom. The van der Waals surface area contributed by atoms with Crippen LogP contribution in [-0.2, 0) is 4.79 Å². The zero-order chi connectivity index (χ0) is 7.78. The van der Waals surface area contributed by atoms with Crippen molar-refractivity contribution in [3.8, 4) is 0 Å². The summed E-state index contributed by atoms with van der Waals surface area (Å²) in [6, 6.07) is 0. The highest BCUT2D eigenvalue weighted by Crippen LogP contribution is 2.42. The molecule has 1 aliphatic carbocycles. The van der Waals surface area contributed by atoms with Crippen LogP contribution < -0.4 is 0 Å². The summed E-state index contributed by atoms with van der Waals surface area (Å²) >= 11 is 0. The first-order chi connectivity index (χ1) is 4.60. The topological polar surface area (TPSA) is 57.5 Å². The van der Waals surface area contributed by atoms with E-state index in [1.165, 1.54) is 0 Å². The SMILES string of the molecule is O=C(O)C1(CO)CC(F)C1. The Labute approximate surface area is 57.5 Å².